The topological polar surface area (TPSA) is 53.6 Å². The minimum atomic E-state index is -4.50. The number of alkyl halides is 3. The first kappa shape index (κ1) is 21.8. The molecular weight excluding hydrogens is 407 g/mol. The van der Waals surface area contributed by atoms with Crippen LogP contribution in [0.15, 0.2) is 36.4 Å². The smallest absolute Gasteiger partial charge is 0.379 e. The predicted octanol–water partition coefficient (Wildman–Crippen LogP) is 4.00. The van der Waals surface area contributed by atoms with Gasteiger partial charge in [-0.2, -0.15) is 13.2 Å². The molecule has 1 atom stereocenters. The number of nitrogens with one attached hydrogen (secondary N) is 2. The van der Waals surface area contributed by atoms with Gasteiger partial charge in [-0.15, -0.1) is 0 Å². The van der Waals surface area contributed by atoms with E-state index in [4.69, 9.17) is 4.74 Å². The molecule has 2 aliphatic heterocycles. The number of rotatable bonds is 4. The maximum atomic E-state index is 13.7. The van der Waals surface area contributed by atoms with E-state index in [0.717, 1.165) is 18.2 Å². The summed E-state index contributed by atoms with van der Waals surface area (Å²) >= 11 is 0. The number of halogens is 3. The Kier molecular flexibility index (Phi) is 6.31. The quantitative estimate of drug-likeness (QED) is 0.766. The molecule has 0 spiro atoms. The summed E-state index contributed by atoms with van der Waals surface area (Å²) < 4.78 is 46.4. The molecular formula is C23H26F3N3O2. The molecule has 2 heterocycles. The Bertz CT molecular complexity index is 956. The fraction of sp³-hybridized carbons (Fsp3) is 0.435. The van der Waals surface area contributed by atoms with Gasteiger partial charge in [-0.25, -0.2) is 0 Å². The maximum Gasteiger partial charge on any atom is 0.416 e. The molecule has 2 N–H and O–H groups in total. The van der Waals surface area contributed by atoms with Gasteiger partial charge in [-0.05, 0) is 46.9 Å². The van der Waals surface area contributed by atoms with Crippen LogP contribution in [-0.2, 0) is 24.0 Å². The molecule has 0 aliphatic carbocycles. The van der Waals surface area contributed by atoms with E-state index in [1.54, 1.807) is 6.07 Å². The Hall–Kier alpha value is -2.42. The fourth-order valence-corrected chi connectivity index (χ4v) is 4.17. The highest BCUT2D eigenvalue weighted by molar-refractivity contribution is 6.04. The summed E-state index contributed by atoms with van der Waals surface area (Å²) in [7, 11) is 0. The molecule has 5 nitrogen and oxygen atoms in total. The minimum Gasteiger partial charge on any atom is -0.379 e. The van der Waals surface area contributed by atoms with Gasteiger partial charge in [0.05, 0.1) is 18.8 Å². The average molecular weight is 433 g/mol. The monoisotopic (exact) mass is 433 g/mol. The van der Waals surface area contributed by atoms with Crippen molar-refractivity contribution in [3.05, 3.63) is 64.2 Å². The van der Waals surface area contributed by atoms with Crippen molar-refractivity contribution < 1.29 is 22.7 Å². The third-order valence-corrected chi connectivity index (χ3v) is 5.87. The first-order chi connectivity index (χ1) is 14.8. The second kappa shape index (κ2) is 8.98. The second-order valence-electron chi connectivity index (χ2n) is 8.16. The molecule has 1 fully saturated rings. The highest BCUT2D eigenvalue weighted by Crippen LogP contribution is 2.35. The van der Waals surface area contributed by atoms with Crippen LogP contribution in [0.4, 0.5) is 18.9 Å². The van der Waals surface area contributed by atoms with Crippen LogP contribution in [0.3, 0.4) is 0 Å². The lowest BCUT2D eigenvalue weighted by Gasteiger charge is -2.28. The van der Waals surface area contributed by atoms with Crippen LogP contribution in [0.2, 0.25) is 0 Å². The zero-order valence-corrected chi connectivity index (χ0v) is 17.4. The minimum absolute atomic E-state index is 0.132. The molecule has 8 heteroatoms. The highest BCUT2D eigenvalue weighted by Gasteiger charge is 2.34. The molecule has 0 saturated carbocycles. The molecule has 2 aromatic carbocycles. The van der Waals surface area contributed by atoms with Gasteiger partial charge in [0.15, 0.2) is 0 Å². The molecule has 0 bridgehead atoms. The Morgan fingerprint density at radius 2 is 1.97 bits per heavy atom. The van der Waals surface area contributed by atoms with Crippen LogP contribution in [0.25, 0.3) is 0 Å². The lowest BCUT2D eigenvalue weighted by Crippen LogP contribution is -2.36. The highest BCUT2D eigenvalue weighted by atomic mass is 19.4. The average Bonchev–Trinajstić information content (AvgIpc) is 2.75. The lowest BCUT2D eigenvalue weighted by atomic mass is 9.91. The SMILES string of the molecule is C[C@H]1CNCc2cc(C(=O)Nc3ccc(CN4CCOCC4)c(C(F)(F)F)c3)ccc21. The van der Waals surface area contributed by atoms with Gasteiger partial charge in [0, 0.05) is 44.0 Å². The van der Waals surface area contributed by atoms with Crippen LogP contribution in [0, 0.1) is 0 Å². The van der Waals surface area contributed by atoms with Crippen molar-refractivity contribution in [2.75, 3.05) is 38.2 Å². The number of amides is 1. The van der Waals surface area contributed by atoms with E-state index in [0.29, 0.717) is 44.3 Å². The maximum absolute atomic E-state index is 13.7. The number of hydrogen-bond acceptors (Lipinski definition) is 4. The molecule has 2 aromatic rings. The summed E-state index contributed by atoms with van der Waals surface area (Å²) in [5.41, 5.74) is 2.28. The number of carbonyl (C=O) groups excluding carboxylic acids is 1. The third-order valence-electron chi connectivity index (χ3n) is 5.87. The van der Waals surface area contributed by atoms with Crippen molar-refractivity contribution in [3.8, 4) is 0 Å². The fourth-order valence-electron chi connectivity index (χ4n) is 4.17. The van der Waals surface area contributed by atoms with Crippen molar-refractivity contribution >= 4 is 11.6 Å². The predicted molar refractivity (Wildman–Crippen MR) is 112 cm³/mol. The van der Waals surface area contributed by atoms with Gasteiger partial charge in [0.25, 0.3) is 5.91 Å². The summed E-state index contributed by atoms with van der Waals surface area (Å²) in [5, 5.41) is 5.93. The van der Waals surface area contributed by atoms with Crippen LogP contribution >= 0.6 is 0 Å². The van der Waals surface area contributed by atoms with Gasteiger partial charge < -0.3 is 15.4 Å². The van der Waals surface area contributed by atoms with Crippen molar-refractivity contribution in [2.45, 2.75) is 32.1 Å². The van der Waals surface area contributed by atoms with E-state index in [-0.39, 0.29) is 17.8 Å². The number of ether oxygens (including phenoxy) is 1. The number of hydrogen-bond donors (Lipinski definition) is 2. The van der Waals surface area contributed by atoms with E-state index in [1.165, 1.54) is 17.7 Å². The van der Waals surface area contributed by atoms with E-state index in [1.807, 2.05) is 17.0 Å². The van der Waals surface area contributed by atoms with Crippen molar-refractivity contribution in [1.29, 1.82) is 0 Å². The third kappa shape index (κ3) is 5.08. The van der Waals surface area contributed by atoms with Crippen LogP contribution in [0.5, 0.6) is 0 Å². The standard InChI is InChI=1S/C23H26F3N3O2/c1-15-12-27-13-18-10-16(3-5-20(15)18)22(30)28-19-4-2-17(21(11-19)23(24,25)26)14-29-6-8-31-9-7-29/h2-5,10-11,15,27H,6-9,12-14H2,1H3,(H,28,30)/t15-/m0/s1. The normalized spacial score (nSPS) is 19.7. The zero-order chi connectivity index (χ0) is 22.0. The Labute approximate surface area is 179 Å². The molecule has 166 valence electrons. The summed E-state index contributed by atoms with van der Waals surface area (Å²) in [6, 6.07) is 9.48. The summed E-state index contributed by atoms with van der Waals surface area (Å²) in [6.45, 7) is 6.10. The van der Waals surface area contributed by atoms with Crippen LogP contribution in [0.1, 0.15) is 45.5 Å². The Morgan fingerprint density at radius 3 is 2.71 bits per heavy atom. The lowest BCUT2D eigenvalue weighted by molar-refractivity contribution is -0.138. The van der Waals surface area contributed by atoms with Crippen LogP contribution in [-0.4, -0.2) is 43.7 Å². The summed E-state index contributed by atoms with van der Waals surface area (Å²) in [6.07, 6.45) is -4.50. The molecule has 2 aliphatic rings. The first-order valence-corrected chi connectivity index (χ1v) is 10.5. The van der Waals surface area contributed by atoms with Gasteiger partial charge in [0.1, 0.15) is 0 Å². The molecule has 0 unspecified atom stereocenters. The number of fused-ring (bicyclic) bond motifs is 1. The molecule has 31 heavy (non-hydrogen) atoms. The number of nitrogens with zero attached hydrogens (tertiary/aromatic N) is 1. The largest absolute Gasteiger partial charge is 0.416 e. The molecule has 1 amide bonds. The van der Waals surface area contributed by atoms with E-state index in [2.05, 4.69) is 17.6 Å². The second-order valence-corrected chi connectivity index (χ2v) is 8.16. The Balaban J connectivity index is 1.53. The molecule has 1 saturated heterocycles. The number of morpholine rings is 1. The van der Waals surface area contributed by atoms with Gasteiger partial charge in [-0.1, -0.05) is 19.1 Å². The van der Waals surface area contributed by atoms with Gasteiger partial charge in [-0.3, -0.25) is 9.69 Å². The van der Waals surface area contributed by atoms with E-state index >= 15 is 0 Å². The van der Waals surface area contributed by atoms with E-state index in [9.17, 15) is 18.0 Å². The van der Waals surface area contributed by atoms with Crippen LogP contribution < -0.4 is 10.6 Å². The molecule has 0 aromatic heterocycles. The van der Waals surface area contributed by atoms with Gasteiger partial charge >= 0.3 is 6.18 Å². The number of benzene rings is 2. The molecule has 0 radical (unpaired) electrons. The molecule has 4 rings (SSSR count). The van der Waals surface area contributed by atoms with Gasteiger partial charge in [0.2, 0.25) is 0 Å². The van der Waals surface area contributed by atoms with Crippen molar-refractivity contribution in [3.63, 3.8) is 0 Å². The van der Waals surface area contributed by atoms with E-state index < -0.39 is 17.6 Å². The summed E-state index contributed by atoms with van der Waals surface area (Å²) in [4.78, 5) is 14.6. The van der Waals surface area contributed by atoms with Crippen molar-refractivity contribution in [2.24, 2.45) is 0 Å². The van der Waals surface area contributed by atoms with Crippen molar-refractivity contribution in [1.82, 2.24) is 10.2 Å². The Morgan fingerprint density at radius 1 is 1.19 bits per heavy atom. The number of anilines is 1. The zero-order valence-electron chi connectivity index (χ0n) is 17.4. The number of carbonyl (C=O) groups is 1. The summed E-state index contributed by atoms with van der Waals surface area (Å²) in [5.74, 6) is -0.0655. The first-order valence-electron chi connectivity index (χ1n) is 10.5.